The van der Waals surface area contributed by atoms with Crippen molar-refractivity contribution in [3.05, 3.63) is 109 Å². The summed E-state index contributed by atoms with van der Waals surface area (Å²) in [5, 5.41) is 0. The number of ether oxygens (including phenoxy) is 3. The standard InChI is InChI=1S/C36H35NO4/c38-35(41-36-22-26-19-27(23-36)21-28(20-26)24-36)25-39-32-15-17-34(18-16-32)40-33-13-11-31(12-14-33)37(29-7-3-1-4-8-29)30-9-5-2-6-10-30/h1-18,26-28H,19-25H2/p+1. The van der Waals surface area contributed by atoms with Gasteiger partial charge < -0.3 is 14.2 Å². The van der Waals surface area contributed by atoms with Crippen molar-refractivity contribution >= 4 is 23.0 Å². The monoisotopic (exact) mass is 546 g/mol. The van der Waals surface area contributed by atoms with Crippen LogP contribution < -0.4 is 14.4 Å². The van der Waals surface area contributed by atoms with Crippen molar-refractivity contribution in [3.8, 4) is 17.2 Å². The maximum atomic E-state index is 12.7. The molecule has 4 aromatic carbocycles. The quantitative estimate of drug-likeness (QED) is 0.220. The Morgan fingerprint density at radius 1 is 0.610 bits per heavy atom. The van der Waals surface area contributed by atoms with Crippen LogP contribution in [0.25, 0.3) is 0 Å². The van der Waals surface area contributed by atoms with Crippen LogP contribution in [0.3, 0.4) is 0 Å². The van der Waals surface area contributed by atoms with E-state index in [1.165, 1.54) is 35.5 Å². The molecule has 0 heterocycles. The number of rotatable bonds is 9. The van der Waals surface area contributed by atoms with Gasteiger partial charge in [-0.2, -0.15) is 0 Å². The molecule has 0 saturated heterocycles. The van der Waals surface area contributed by atoms with Gasteiger partial charge in [0.25, 0.3) is 0 Å². The van der Waals surface area contributed by atoms with Crippen molar-refractivity contribution < 1.29 is 23.9 Å². The minimum atomic E-state index is -0.255. The topological polar surface area (TPSA) is 49.2 Å². The highest BCUT2D eigenvalue weighted by atomic mass is 16.6. The van der Waals surface area contributed by atoms with Gasteiger partial charge in [0.2, 0.25) is 0 Å². The first-order valence-corrected chi connectivity index (χ1v) is 14.8. The molecule has 0 unspecified atom stereocenters. The summed E-state index contributed by atoms with van der Waals surface area (Å²) in [4.78, 5) is 13.9. The lowest BCUT2D eigenvalue weighted by atomic mass is 9.54. The molecule has 4 fully saturated rings. The fraction of sp³-hybridized carbons (Fsp3) is 0.306. The first-order valence-electron chi connectivity index (χ1n) is 14.8. The van der Waals surface area contributed by atoms with Crippen LogP contribution >= 0.6 is 0 Å². The summed E-state index contributed by atoms with van der Waals surface area (Å²) in [5.74, 6) is 4.05. The largest absolute Gasteiger partial charge is 0.482 e. The number of benzene rings is 4. The molecule has 0 atom stereocenters. The molecule has 4 aliphatic carbocycles. The van der Waals surface area contributed by atoms with Crippen LogP contribution in [0, 0.1) is 17.8 Å². The Bertz CT molecular complexity index is 1390. The Morgan fingerprint density at radius 3 is 1.56 bits per heavy atom. The van der Waals surface area contributed by atoms with Crippen molar-refractivity contribution in [2.45, 2.75) is 44.1 Å². The van der Waals surface area contributed by atoms with Crippen LogP contribution in [0.2, 0.25) is 0 Å². The Morgan fingerprint density at radius 2 is 1.05 bits per heavy atom. The molecule has 5 heteroatoms. The summed E-state index contributed by atoms with van der Waals surface area (Å²) >= 11 is 0. The molecule has 4 saturated carbocycles. The number of hydrogen-bond donors (Lipinski definition) is 1. The van der Waals surface area contributed by atoms with Crippen molar-refractivity contribution in [2.75, 3.05) is 6.61 Å². The molecule has 0 aromatic heterocycles. The maximum Gasteiger partial charge on any atom is 0.344 e. The smallest absolute Gasteiger partial charge is 0.344 e. The highest BCUT2D eigenvalue weighted by molar-refractivity contribution is 5.71. The number of quaternary nitrogens is 1. The number of nitrogens with one attached hydrogen (secondary N) is 1. The lowest BCUT2D eigenvalue weighted by Crippen LogP contribution is -2.96. The van der Waals surface area contributed by atoms with Gasteiger partial charge in [0.1, 0.15) is 39.9 Å². The number of hydrogen-bond acceptors (Lipinski definition) is 4. The maximum absolute atomic E-state index is 12.7. The molecule has 4 aromatic rings. The van der Waals surface area contributed by atoms with E-state index < -0.39 is 0 Å². The molecule has 41 heavy (non-hydrogen) atoms. The summed E-state index contributed by atoms with van der Waals surface area (Å²) in [5.41, 5.74) is 3.23. The number of esters is 1. The van der Waals surface area contributed by atoms with Gasteiger partial charge >= 0.3 is 5.97 Å². The normalized spacial score (nSPS) is 24.3. The zero-order valence-corrected chi connectivity index (χ0v) is 23.2. The molecule has 4 bridgehead atoms. The SMILES string of the molecule is O=C(COc1ccc(Oc2ccc([NH+](c3ccccc3)c3ccccc3)cc2)cc1)OC12CC3CC(CC(C3)C1)C2. The summed E-state index contributed by atoms with van der Waals surface area (Å²) in [7, 11) is 0. The summed E-state index contributed by atoms with van der Waals surface area (Å²) in [6, 6.07) is 36.4. The van der Waals surface area contributed by atoms with Crippen LogP contribution in [0.15, 0.2) is 109 Å². The molecular weight excluding hydrogens is 510 g/mol. The molecule has 1 N–H and O–H groups in total. The zero-order chi connectivity index (χ0) is 27.6. The Hall–Kier alpha value is -4.09. The van der Waals surface area contributed by atoms with E-state index in [-0.39, 0.29) is 18.2 Å². The molecule has 208 valence electrons. The Labute approximate surface area is 241 Å². The van der Waals surface area contributed by atoms with E-state index >= 15 is 0 Å². The predicted octanol–water partition coefficient (Wildman–Crippen LogP) is 7.55. The third-order valence-electron chi connectivity index (χ3n) is 9.00. The van der Waals surface area contributed by atoms with Gasteiger partial charge in [0.15, 0.2) is 6.61 Å². The molecular formula is C36H36NO4+. The second-order valence-corrected chi connectivity index (χ2v) is 12.1. The van der Waals surface area contributed by atoms with E-state index in [9.17, 15) is 4.79 Å². The van der Waals surface area contributed by atoms with E-state index in [1.807, 2.05) is 48.5 Å². The Kier molecular flexibility index (Phi) is 6.97. The lowest BCUT2D eigenvalue weighted by molar-refractivity contribution is -0.681. The minimum Gasteiger partial charge on any atom is -0.482 e. The fourth-order valence-electron chi connectivity index (χ4n) is 7.71. The fourth-order valence-corrected chi connectivity index (χ4v) is 7.71. The van der Waals surface area contributed by atoms with E-state index in [2.05, 4.69) is 60.7 Å². The zero-order valence-electron chi connectivity index (χ0n) is 23.2. The first kappa shape index (κ1) is 25.8. The second-order valence-electron chi connectivity index (χ2n) is 12.1. The van der Waals surface area contributed by atoms with Gasteiger partial charge in [0.05, 0.1) is 0 Å². The highest BCUT2D eigenvalue weighted by Crippen LogP contribution is 2.57. The van der Waals surface area contributed by atoms with Gasteiger partial charge in [-0.15, -0.1) is 0 Å². The summed E-state index contributed by atoms with van der Waals surface area (Å²) < 4.78 is 18.0. The first-order chi connectivity index (χ1) is 20.1. The molecule has 5 nitrogen and oxygen atoms in total. The van der Waals surface area contributed by atoms with E-state index in [0.717, 1.165) is 48.5 Å². The van der Waals surface area contributed by atoms with Crippen molar-refractivity contribution in [3.63, 3.8) is 0 Å². The van der Waals surface area contributed by atoms with Crippen molar-refractivity contribution in [2.24, 2.45) is 17.8 Å². The van der Waals surface area contributed by atoms with Crippen molar-refractivity contribution in [1.82, 2.24) is 0 Å². The van der Waals surface area contributed by atoms with Gasteiger partial charge in [-0.05, 0) is 117 Å². The van der Waals surface area contributed by atoms with Crippen LogP contribution in [0.4, 0.5) is 17.1 Å². The van der Waals surface area contributed by atoms with E-state index in [0.29, 0.717) is 11.5 Å². The molecule has 0 amide bonds. The lowest BCUT2D eigenvalue weighted by Gasteiger charge is -2.55. The average molecular weight is 547 g/mol. The summed E-state index contributed by atoms with van der Waals surface area (Å²) in [6.07, 6.45) is 7.09. The number of para-hydroxylation sites is 2. The van der Waals surface area contributed by atoms with Gasteiger partial charge in [-0.1, -0.05) is 36.4 Å². The van der Waals surface area contributed by atoms with Gasteiger partial charge in [0, 0.05) is 12.1 Å². The molecule has 0 radical (unpaired) electrons. The van der Waals surface area contributed by atoms with Gasteiger partial charge in [-0.25, -0.2) is 9.69 Å². The van der Waals surface area contributed by atoms with Crippen molar-refractivity contribution in [1.29, 1.82) is 0 Å². The molecule has 4 aliphatic rings. The molecule has 0 aliphatic heterocycles. The third kappa shape index (κ3) is 5.73. The van der Waals surface area contributed by atoms with Gasteiger partial charge in [-0.3, -0.25) is 0 Å². The second kappa shape index (κ2) is 11.1. The third-order valence-corrected chi connectivity index (χ3v) is 9.00. The summed E-state index contributed by atoms with van der Waals surface area (Å²) in [6.45, 7) is -0.0644. The minimum absolute atomic E-state index is 0.0644. The predicted molar refractivity (Wildman–Crippen MR) is 158 cm³/mol. The van der Waals surface area contributed by atoms with E-state index in [1.54, 1.807) is 0 Å². The van der Waals surface area contributed by atoms with Crippen LogP contribution in [0.5, 0.6) is 17.2 Å². The molecule has 0 spiro atoms. The Balaban J connectivity index is 0.957. The number of carbonyl (C=O) groups is 1. The van der Waals surface area contributed by atoms with Crippen LogP contribution in [-0.4, -0.2) is 18.2 Å². The number of carbonyl (C=O) groups excluding carboxylic acids is 1. The van der Waals surface area contributed by atoms with E-state index in [4.69, 9.17) is 14.2 Å². The van der Waals surface area contributed by atoms with Crippen LogP contribution in [-0.2, 0) is 9.53 Å². The van der Waals surface area contributed by atoms with Crippen LogP contribution in [0.1, 0.15) is 38.5 Å². The molecule has 8 rings (SSSR count). The average Bonchev–Trinajstić information content (AvgIpc) is 2.98. The highest BCUT2D eigenvalue weighted by Gasteiger charge is 2.53.